The summed E-state index contributed by atoms with van der Waals surface area (Å²) in [6.45, 7) is 15.4. The van der Waals surface area contributed by atoms with Gasteiger partial charge in [-0.25, -0.2) is 0 Å². The Hall–Kier alpha value is -0.120. The van der Waals surface area contributed by atoms with Crippen molar-refractivity contribution in [3.05, 3.63) is 0 Å². The van der Waals surface area contributed by atoms with Crippen LogP contribution in [0, 0.1) is 0 Å². The third-order valence-electron chi connectivity index (χ3n) is 3.57. The summed E-state index contributed by atoms with van der Waals surface area (Å²) < 4.78 is 0. The molecule has 1 rings (SSSR count). The van der Waals surface area contributed by atoms with Crippen LogP contribution in [0.1, 0.15) is 33.6 Å². The molecular weight excluding hydrogens is 198 g/mol. The highest BCUT2D eigenvalue weighted by Crippen LogP contribution is 2.03. The first-order valence-electron chi connectivity index (χ1n) is 6.98. The van der Waals surface area contributed by atoms with Crippen molar-refractivity contribution < 1.29 is 0 Å². The fraction of sp³-hybridized carbons (Fsp3) is 1.00. The first-order chi connectivity index (χ1) is 7.80. The summed E-state index contributed by atoms with van der Waals surface area (Å²) in [5.41, 5.74) is 0. The van der Waals surface area contributed by atoms with E-state index < -0.39 is 0 Å². The molecule has 0 spiro atoms. The van der Waals surface area contributed by atoms with Gasteiger partial charge in [0.05, 0.1) is 0 Å². The van der Waals surface area contributed by atoms with Crippen LogP contribution >= 0.6 is 0 Å². The van der Waals surface area contributed by atoms with E-state index in [4.69, 9.17) is 0 Å². The zero-order chi connectivity index (χ0) is 11.8. The number of piperazine rings is 1. The second-order valence-electron chi connectivity index (χ2n) is 4.79. The largest absolute Gasteiger partial charge is 0.313 e. The Bertz CT molecular complexity index is 165. The molecule has 1 unspecified atom stereocenters. The molecule has 1 heterocycles. The van der Waals surface area contributed by atoms with Gasteiger partial charge in [-0.15, -0.1) is 0 Å². The Labute approximate surface area is 101 Å². The number of likely N-dealkylation sites (N-methyl/N-ethyl adjacent to an activating group) is 1. The monoisotopic (exact) mass is 227 g/mol. The summed E-state index contributed by atoms with van der Waals surface area (Å²) in [7, 11) is 0. The minimum absolute atomic E-state index is 0.688. The minimum atomic E-state index is 0.688. The molecule has 1 fully saturated rings. The quantitative estimate of drug-likeness (QED) is 0.709. The van der Waals surface area contributed by atoms with Crippen LogP contribution in [0.25, 0.3) is 0 Å². The lowest BCUT2D eigenvalue weighted by atomic mass is 10.2. The average molecular weight is 227 g/mol. The van der Waals surface area contributed by atoms with Crippen molar-refractivity contribution in [1.29, 1.82) is 0 Å². The Morgan fingerprint density at radius 1 is 1.00 bits per heavy atom. The lowest BCUT2D eigenvalue weighted by Crippen LogP contribution is -2.50. The van der Waals surface area contributed by atoms with Crippen molar-refractivity contribution in [2.45, 2.75) is 39.7 Å². The Kier molecular flexibility index (Phi) is 7.01. The molecule has 0 aromatic heterocycles. The van der Waals surface area contributed by atoms with Crippen molar-refractivity contribution in [2.75, 3.05) is 45.8 Å². The van der Waals surface area contributed by atoms with Crippen molar-refractivity contribution in [1.82, 2.24) is 15.1 Å². The van der Waals surface area contributed by atoms with Crippen LogP contribution < -0.4 is 5.32 Å². The smallest absolute Gasteiger partial charge is 0.0192 e. The molecule has 0 aliphatic carbocycles. The van der Waals surface area contributed by atoms with Gasteiger partial charge in [-0.3, -0.25) is 4.90 Å². The van der Waals surface area contributed by atoms with E-state index >= 15 is 0 Å². The van der Waals surface area contributed by atoms with E-state index in [2.05, 4.69) is 35.9 Å². The second kappa shape index (κ2) is 8.04. The maximum absolute atomic E-state index is 3.64. The van der Waals surface area contributed by atoms with Crippen LogP contribution in [0.2, 0.25) is 0 Å². The fourth-order valence-electron chi connectivity index (χ4n) is 2.29. The van der Waals surface area contributed by atoms with Crippen LogP contribution in [-0.2, 0) is 0 Å². The maximum atomic E-state index is 3.64. The van der Waals surface area contributed by atoms with Gasteiger partial charge < -0.3 is 10.2 Å². The average Bonchev–Trinajstić information content (AvgIpc) is 2.35. The van der Waals surface area contributed by atoms with Gasteiger partial charge in [0, 0.05) is 38.8 Å². The topological polar surface area (TPSA) is 18.5 Å². The summed E-state index contributed by atoms with van der Waals surface area (Å²) in [5.74, 6) is 0. The van der Waals surface area contributed by atoms with Crippen LogP contribution in [-0.4, -0.2) is 61.7 Å². The molecule has 1 aliphatic rings. The molecule has 16 heavy (non-hydrogen) atoms. The fourth-order valence-corrected chi connectivity index (χ4v) is 2.29. The van der Waals surface area contributed by atoms with Crippen molar-refractivity contribution in [2.24, 2.45) is 0 Å². The van der Waals surface area contributed by atoms with Crippen molar-refractivity contribution in [3.8, 4) is 0 Å². The van der Waals surface area contributed by atoms with Crippen LogP contribution in [0.3, 0.4) is 0 Å². The minimum Gasteiger partial charge on any atom is -0.313 e. The van der Waals surface area contributed by atoms with E-state index in [1.165, 1.54) is 52.1 Å². The molecule has 1 atom stereocenters. The summed E-state index contributed by atoms with van der Waals surface area (Å²) >= 11 is 0. The van der Waals surface area contributed by atoms with Gasteiger partial charge in [-0.05, 0) is 25.9 Å². The molecule has 0 amide bonds. The first kappa shape index (κ1) is 13.9. The molecule has 0 bridgehead atoms. The highest BCUT2D eigenvalue weighted by atomic mass is 15.3. The lowest BCUT2D eigenvalue weighted by Gasteiger charge is -2.36. The van der Waals surface area contributed by atoms with E-state index in [0.29, 0.717) is 6.04 Å². The molecule has 0 aromatic rings. The third kappa shape index (κ3) is 4.81. The van der Waals surface area contributed by atoms with E-state index in [9.17, 15) is 0 Å². The van der Waals surface area contributed by atoms with E-state index in [1.54, 1.807) is 0 Å². The van der Waals surface area contributed by atoms with Crippen LogP contribution in [0.5, 0.6) is 0 Å². The van der Waals surface area contributed by atoms with Gasteiger partial charge in [0.25, 0.3) is 0 Å². The van der Waals surface area contributed by atoms with Gasteiger partial charge in [0.2, 0.25) is 0 Å². The Balaban J connectivity index is 2.20. The maximum Gasteiger partial charge on any atom is 0.0192 e. The van der Waals surface area contributed by atoms with Gasteiger partial charge in [-0.1, -0.05) is 20.8 Å². The molecule has 96 valence electrons. The number of nitrogens with one attached hydrogen (secondary N) is 1. The summed E-state index contributed by atoms with van der Waals surface area (Å²) in [6, 6.07) is 0.688. The SMILES string of the molecule is CCCNC(CC)CN1CCN(CC)CC1. The molecule has 1 saturated heterocycles. The summed E-state index contributed by atoms with van der Waals surface area (Å²) in [6.07, 6.45) is 2.48. The highest BCUT2D eigenvalue weighted by Gasteiger charge is 2.17. The third-order valence-corrected chi connectivity index (χ3v) is 3.57. The molecule has 0 radical (unpaired) electrons. The Morgan fingerprint density at radius 3 is 2.12 bits per heavy atom. The lowest BCUT2D eigenvalue weighted by molar-refractivity contribution is 0.126. The first-order valence-corrected chi connectivity index (χ1v) is 6.98. The van der Waals surface area contributed by atoms with Gasteiger partial charge in [0.15, 0.2) is 0 Å². The van der Waals surface area contributed by atoms with Crippen LogP contribution in [0.4, 0.5) is 0 Å². The number of nitrogens with zero attached hydrogens (tertiary/aromatic N) is 2. The van der Waals surface area contributed by atoms with E-state index in [0.717, 1.165) is 6.54 Å². The number of rotatable bonds is 7. The van der Waals surface area contributed by atoms with E-state index in [-0.39, 0.29) is 0 Å². The predicted octanol–water partition coefficient (Wildman–Crippen LogP) is 1.40. The number of hydrogen-bond donors (Lipinski definition) is 1. The van der Waals surface area contributed by atoms with Gasteiger partial charge >= 0.3 is 0 Å². The molecule has 1 N–H and O–H groups in total. The van der Waals surface area contributed by atoms with Crippen molar-refractivity contribution >= 4 is 0 Å². The molecule has 3 heteroatoms. The zero-order valence-electron chi connectivity index (χ0n) is 11.3. The van der Waals surface area contributed by atoms with Crippen LogP contribution in [0.15, 0.2) is 0 Å². The molecule has 0 aromatic carbocycles. The number of hydrogen-bond acceptors (Lipinski definition) is 3. The van der Waals surface area contributed by atoms with E-state index in [1.807, 2.05) is 0 Å². The standard InChI is InChI=1S/C13H29N3/c1-4-7-14-13(5-2)12-16-10-8-15(6-3)9-11-16/h13-14H,4-12H2,1-3H3. The zero-order valence-corrected chi connectivity index (χ0v) is 11.3. The molecular formula is C13H29N3. The van der Waals surface area contributed by atoms with Crippen molar-refractivity contribution in [3.63, 3.8) is 0 Å². The summed E-state index contributed by atoms with van der Waals surface area (Å²) in [4.78, 5) is 5.15. The molecule has 0 saturated carbocycles. The predicted molar refractivity (Wildman–Crippen MR) is 70.9 cm³/mol. The Morgan fingerprint density at radius 2 is 1.62 bits per heavy atom. The second-order valence-corrected chi connectivity index (χ2v) is 4.79. The van der Waals surface area contributed by atoms with Gasteiger partial charge in [-0.2, -0.15) is 0 Å². The summed E-state index contributed by atoms with van der Waals surface area (Å²) in [5, 5.41) is 3.64. The normalized spacial score (nSPS) is 21.2. The van der Waals surface area contributed by atoms with Gasteiger partial charge in [0.1, 0.15) is 0 Å². The highest BCUT2D eigenvalue weighted by molar-refractivity contribution is 4.76. The molecule has 3 nitrogen and oxygen atoms in total. The molecule has 1 aliphatic heterocycles.